The van der Waals surface area contributed by atoms with Gasteiger partial charge in [-0.1, -0.05) is 6.92 Å². The number of carbonyl (C=O) groups is 1. The summed E-state index contributed by atoms with van der Waals surface area (Å²) in [6.07, 6.45) is 4.59. The number of carbonyl (C=O) groups excluding carboxylic acids is 1. The van der Waals surface area contributed by atoms with E-state index in [2.05, 4.69) is 16.9 Å². The number of aliphatic hydroxyl groups is 2. The third kappa shape index (κ3) is 6.20. The van der Waals surface area contributed by atoms with Crippen LogP contribution in [0.25, 0.3) is 11.3 Å². The Balaban J connectivity index is 1.62. The average Bonchev–Trinajstić information content (AvgIpc) is 2.88. The molecule has 1 aromatic carbocycles. The van der Waals surface area contributed by atoms with Gasteiger partial charge in [-0.3, -0.25) is 9.78 Å². The molecule has 7 nitrogen and oxygen atoms in total. The fourth-order valence-corrected chi connectivity index (χ4v) is 5.03. The number of Topliss-reactive ketones (excluding diaryl/α,β-unsaturated/α-hetero) is 1. The summed E-state index contributed by atoms with van der Waals surface area (Å²) >= 11 is 0. The maximum absolute atomic E-state index is 15.1. The molecule has 202 valence electrons. The first-order valence-corrected chi connectivity index (χ1v) is 12.5. The van der Waals surface area contributed by atoms with Crippen molar-refractivity contribution in [2.24, 2.45) is 11.7 Å². The zero-order valence-electron chi connectivity index (χ0n) is 20.9. The number of hydrogen-bond acceptors (Lipinski definition) is 7. The third-order valence-corrected chi connectivity index (χ3v) is 6.78. The van der Waals surface area contributed by atoms with Crippen molar-refractivity contribution in [1.82, 2.24) is 9.97 Å². The van der Waals surface area contributed by atoms with E-state index in [1.807, 2.05) is 6.07 Å². The molecule has 1 aliphatic rings. The van der Waals surface area contributed by atoms with Gasteiger partial charge in [0, 0.05) is 24.9 Å². The molecule has 4 atom stereocenters. The average molecular weight is 530 g/mol. The number of aliphatic hydroxyl groups excluding tert-OH is 2. The van der Waals surface area contributed by atoms with Crippen LogP contribution in [0, 0.1) is 23.4 Å². The van der Waals surface area contributed by atoms with Crippen LogP contribution in [-0.4, -0.2) is 51.3 Å². The number of rotatable bonds is 9. The van der Waals surface area contributed by atoms with Gasteiger partial charge in [-0.05, 0) is 72.6 Å². The molecule has 1 saturated carbocycles. The number of benzene rings is 1. The van der Waals surface area contributed by atoms with Crippen molar-refractivity contribution in [3.63, 3.8) is 0 Å². The molecule has 0 bridgehead atoms. The van der Waals surface area contributed by atoms with Crippen molar-refractivity contribution in [2.75, 3.05) is 13.2 Å². The van der Waals surface area contributed by atoms with E-state index in [1.54, 1.807) is 12.4 Å². The number of ketones is 1. The number of halogens is 3. The highest BCUT2D eigenvalue weighted by molar-refractivity contribution is 5.96. The van der Waals surface area contributed by atoms with Gasteiger partial charge in [0.2, 0.25) is 0 Å². The van der Waals surface area contributed by atoms with Gasteiger partial charge in [0.05, 0.1) is 12.2 Å². The van der Waals surface area contributed by atoms with Gasteiger partial charge in [0.15, 0.2) is 17.3 Å². The van der Waals surface area contributed by atoms with E-state index in [4.69, 9.17) is 15.6 Å². The zero-order chi connectivity index (χ0) is 27.4. The third-order valence-electron chi connectivity index (χ3n) is 6.78. The lowest BCUT2D eigenvalue weighted by Crippen LogP contribution is -2.31. The Labute approximate surface area is 218 Å². The molecule has 3 aromatic rings. The molecule has 1 aliphatic carbocycles. The van der Waals surface area contributed by atoms with Crippen LogP contribution < -0.4 is 10.5 Å². The molecular weight excluding hydrogens is 499 g/mol. The van der Waals surface area contributed by atoms with Gasteiger partial charge >= 0.3 is 0 Å². The molecule has 10 heteroatoms. The largest absolute Gasteiger partial charge is 0.488 e. The van der Waals surface area contributed by atoms with Gasteiger partial charge in [-0.15, -0.1) is 0 Å². The first kappa shape index (κ1) is 27.7. The van der Waals surface area contributed by atoms with Crippen LogP contribution in [0.1, 0.15) is 53.7 Å². The van der Waals surface area contributed by atoms with Gasteiger partial charge in [-0.25, -0.2) is 18.2 Å². The predicted molar refractivity (Wildman–Crippen MR) is 134 cm³/mol. The molecule has 4 rings (SSSR count). The summed E-state index contributed by atoms with van der Waals surface area (Å²) in [6, 6.07) is 5.90. The van der Waals surface area contributed by atoms with Gasteiger partial charge in [0.1, 0.15) is 35.7 Å². The lowest BCUT2D eigenvalue weighted by Gasteiger charge is -2.32. The number of pyridine rings is 2. The van der Waals surface area contributed by atoms with E-state index in [1.165, 1.54) is 6.07 Å². The molecule has 4 N–H and O–H groups in total. The summed E-state index contributed by atoms with van der Waals surface area (Å²) in [4.78, 5) is 21.4. The topological polar surface area (TPSA) is 119 Å². The minimum absolute atomic E-state index is 0.0678. The van der Waals surface area contributed by atoms with Crippen LogP contribution in [0.2, 0.25) is 0 Å². The minimum atomic E-state index is -1.29. The number of nitrogens with two attached hydrogens (primary N) is 1. The van der Waals surface area contributed by atoms with E-state index >= 15 is 4.39 Å². The second-order valence-electron chi connectivity index (χ2n) is 9.85. The summed E-state index contributed by atoms with van der Waals surface area (Å²) in [6.45, 7) is 1.06. The summed E-state index contributed by atoms with van der Waals surface area (Å²) in [5, 5.41) is 18.4. The van der Waals surface area contributed by atoms with E-state index < -0.39 is 59.6 Å². The summed E-state index contributed by atoms with van der Waals surface area (Å²) in [5.74, 6) is -3.70. The molecule has 0 spiro atoms. The summed E-state index contributed by atoms with van der Waals surface area (Å²) in [5.41, 5.74) is 6.26. The number of aromatic nitrogens is 2. The number of nitrogens with zero attached hydrogens (tertiary/aromatic N) is 2. The monoisotopic (exact) mass is 529 g/mol. The molecule has 0 radical (unpaired) electrons. The highest BCUT2D eigenvalue weighted by Gasteiger charge is 2.28. The molecule has 0 unspecified atom stereocenters. The number of ether oxygens (including phenoxy) is 1. The Kier molecular flexibility index (Phi) is 8.76. The summed E-state index contributed by atoms with van der Waals surface area (Å²) < 4.78 is 49.7. The normalized spacial score (nSPS) is 20.2. The quantitative estimate of drug-likeness (QED) is 0.359. The molecular formula is C28H30F3N3O4. The second-order valence-corrected chi connectivity index (χ2v) is 9.85. The van der Waals surface area contributed by atoms with Gasteiger partial charge in [0.25, 0.3) is 0 Å². The molecule has 0 aliphatic heterocycles. The standard InChI is InChI=1S/C28H30F3N3O4/c1-15-8-16(10-18(32)9-15)20-6-7-33-12-17(20)11-24(37)23-4-2-22(30)28(34-23)26-21(29)3-5-25(27(26)31)38-14-19(36)13-35/h2-7,12,15-16,18-19,35-36H,8-11,13-14,32H2,1H3/t15-,16+,18-,19-/m0/s1. The number of hydrogen-bond donors (Lipinski definition) is 3. The Hall–Kier alpha value is -3.34. The Bertz CT molecular complexity index is 1300. The van der Waals surface area contributed by atoms with Crippen LogP contribution in [0.3, 0.4) is 0 Å². The fourth-order valence-electron chi connectivity index (χ4n) is 5.03. The lowest BCUT2D eigenvalue weighted by atomic mass is 9.75. The van der Waals surface area contributed by atoms with Crippen molar-refractivity contribution in [1.29, 1.82) is 0 Å². The Morgan fingerprint density at radius 2 is 1.89 bits per heavy atom. The van der Waals surface area contributed by atoms with Gasteiger partial charge in [-0.2, -0.15) is 0 Å². The van der Waals surface area contributed by atoms with Crippen LogP contribution in [0.15, 0.2) is 42.7 Å². The Morgan fingerprint density at radius 1 is 1.13 bits per heavy atom. The zero-order valence-corrected chi connectivity index (χ0v) is 20.9. The first-order valence-electron chi connectivity index (χ1n) is 12.5. The fraction of sp³-hybridized carbons (Fsp3) is 0.393. The van der Waals surface area contributed by atoms with Crippen LogP contribution in [-0.2, 0) is 6.42 Å². The second kappa shape index (κ2) is 12.0. The molecule has 0 amide bonds. The minimum Gasteiger partial charge on any atom is -0.488 e. The van der Waals surface area contributed by atoms with Gasteiger partial charge < -0.3 is 20.7 Å². The predicted octanol–water partition coefficient (Wildman–Crippen LogP) is 3.95. The maximum atomic E-state index is 15.1. The van der Waals surface area contributed by atoms with E-state index in [0.29, 0.717) is 11.5 Å². The van der Waals surface area contributed by atoms with Crippen molar-refractivity contribution < 1.29 is 32.9 Å². The SMILES string of the molecule is C[C@@H]1C[C@H](N)C[C@H](c2ccncc2CC(=O)c2ccc(F)c(-c3c(F)ccc(OC[C@@H](O)CO)c3F)n2)C1. The van der Waals surface area contributed by atoms with Crippen molar-refractivity contribution in [2.45, 2.75) is 50.7 Å². The highest BCUT2D eigenvalue weighted by Crippen LogP contribution is 2.37. The molecule has 2 aromatic heterocycles. The van der Waals surface area contributed by atoms with E-state index in [-0.39, 0.29) is 24.1 Å². The first-order chi connectivity index (χ1) is 18.2. The van der Waals surface area contributed by atoms with Crippen molar-refractivity contribution >= 4 is 5.78 Å². The smallest absolute Gasteiger partial charge is 0.185 e. The molecule has 38 heavy (non-hydrogen) atoms. The van der Waals surface area contributed by atoms with E-state index in [9.17, 15) is 18.7 Å². The lowest BCUT2D eigenvalue weighted by molar-refractivity contribution is 0.0523. The Morgan fingerprint density at radius 3 is 2.63 bits per heavy atom. The molecule has 2 heterocycles. The van der Waals surface area contributed by atoms with Crippen molar-refractivity contribution in [3.05, 3.63) is 77.0 Å². The van der Waals surface area contributed by atoms with Crippen LogP contribution in [0.5, 0.6) is 5.75 Å². The maximum Gasteiger partial charge on any atom is 0.185 e. The molecule has 1 fully saturated rings. The summed E-state index contributed by atoms with van der Waals surface area (Å²) in [7, 11) is 0. The van der Waals surface area contributed by atoms with E-state index in [0.717, 1.165) is 43.0 Å². The molecule has 0 saturated heterocycles. The highest BCUT2D eigenvalue weighted by atomic mass is 19.1. The van der Waals surface area contributed by atoms with Crippen LogP contribution in [0.4, 0.5) is 13.2 Å². The van der Waals surface area contributed by atoms with Crippen molar-refractivity contribution in [3.8, 4) is 17.0 Å². The van der Waals surface area contributed by atoms with Crippen LogP contribution >= 0.6 is 0 Å².